The minimum Gasteiger partial charge on any atom is -0.496 e. The number of hydrogen-bond acceptors (Lipinski definition) is 5. The number of nitrogens with zero attached hydrogens (tertiary/aromatic N) is 2. The summed E-state index contributed by atoms with van der Waals surface area (Å²) < 4.78 is 34.9. The second-order valence-electron chi connectivity index (χ2n) is 9.47. The smallest absolute Gasteiger partial charge is 0.266 e. The van der Waals surface area contributed by atoms with Crippen LogP contribution in [0.5, 0.6) is 5.75 Å². The number of thiophene rings is 1. The molecule has 214 valence electrons. The molecule has 0 spiro atoms. The first-order valence-corrected chi connectivity index (χ1v) is 13.7. The van der Waals surface area contributed by atoms with E-state index in [1.165, 1.54) is 0 Å². The Bertz CT molecular complexity index is 1460. The third kappa shape index (κ3) is 6.37. The Labute approximate surface area is 253 Å². The molecule has 2 aromatic heterocycles. The van der Waals surface area contributed by atoms with E-state index in [0.29, 0.717) is 11.8 Å². The number of amides is 1. The lowest BCUT2D eigenvalue weighted by Crippen LogP contribution is -2.44. The molecule has 2 aromatic carbocycles. The molecule has 0 unspecified atom stereocenters. The van der Waals surface area contributed by atoms with Gasteiger partial charge in [-0.15, -0.1) is 36.2 Å². The molecule has 1 amide bonds. The molecule has 0 atom stereocenters. The van der Waals surface area contributed by atoms with Crippen LogP contribution >= 0.6 is 47.8 Å². The normalized spacial score (nSPS) is 16.6. The zero-order valence-electron chi connectivity index (χ0n) is 22.0. The number of carbonyl (C=O) groups is 1. The van der Waals surface area contributed by atoms with Gasteiger partial charge in [-0.05, 0) is 80.3 Å². The Hall–Kier alpha value is -2.49. The number of aromatic nitrogens is 1. The van der Waals surface area contributed by atoms with Crippen LogP contribution in [-0.4, -0.2) is 42.0 Å². The first-order valence-electron chi connectivity index (χ1n) is 12.5. The molecule has 40 heavy (non-hydrogen) atoms. The van der Waals surface area contributed by atoms with E-state index < -0.39 is 11.6 Å². The standard InChI is InChI=1S/C29H28ClF2N3O2S.2ClH/c1-33-20-4-6-21(7-5-20)35(29(36)28-26(30)25-22(31)8-9-23(32)27(25)38-28)16-19-15-18(3-10-24(19)37-2)17-11-13-34-14-12-17;;/h3,8-15,20-21,33H,4-7,16H2,1-2H3;2*1H. The highest BCUT2D eigenvalue weighted by atomic mass is 35.5. The molecule has 0 radical (unpaired) electrons. The molecule has 1 aliphatic carbocycles. The Morgan fingerprint density at radius 2 is 1.73 bits per heavy atom. The number of methoxy groups -OCH3 is 1. The van der Waals surface area contributed by atoms with Gasteiger partial charge in [-0.1, -0.05) is 17.7 Å². The van der Waals surface area contributed by atoms with E-state index in [1.54, 1.807) is 24.4 Å². The van der Waals surface area contributed by atoms with Gasteiger partial charge < -0.3 is 15.0 Å². The van der Waals surface area contributed by atoms with Crippen molar-refractivity contribution in [2.24, 2.45) is 0 Å². The summed E-state index contributed by atoms with van der Waals surface area (Å²) in [5, 5.41) is 3.24. The van der Waals surface area contributed by atoms with Crippen LogP contribution in [0.15, 0.2) is 54.9 Å². The molecule has 11 heteroatoms. The van der Waals surface area contributed by atoms with E-state index in [9.17, 15) is 13.6 Å². The summed E-state index contributed by atoms with van der Waals surface area (Å²) in [6.07, 6.45) is 6.91. The van der Waals surface area contributed by atoms with Gasteiger partial charge in [-0.25, -0.2) is 8.78 Å². The number of halogens is 5. The lowest BCUT2D eigenvalue weighted by molar-refractivity contribution is 0.0604. The number of carbonyl (C=O) groups excluding carboxylic acids is 1. The Morgan fingerprint density at radius 1 is 1.05 bits per heavy atom. The van der Waals surface area contributed by atoms with Gasteiger partial charge in [-0.3, -0.25) is 9.78 Å². The molecule has 5 rings (SSSR count). The van der Waals surface area contributed by atoms with Gasteiger partial charge in [0.25, 0.3) is 5.91 Å². The van der Waals surface area contributed by atoms with Gasteiger partial charge in [0.15, 0.2) is 0 Å². The topological polar surface area (TPSA) is 54.5 Å². The summed E-state index contributed by atoms with van der Waals surface area (Å²) in [5.74, 6) is -0.919. The number of fused-ring (bicyclic) bond motifs is 1. The molecule has 0 bridgehead atoms. The number of rotatable bonds is 7. The van der Waals surface area contributed by atoms with Crippen LogP contribution in [0.1, 0.15) is 40.9 Å². The number of benzene rings is 2. The summed E-state index contributed by atoms with van der Waals surface area (Å²) in [6.45, 7) is 0.269. The van der Waals surface area contributed by atoms with Crippen molar-refractivity contribution in [3.8, 4) is 16.9 Å². The molecule has 5 nitrogen and oxygen atoms in total. The van der Waals surface area contributed by atoms with E-state index in [2.05, 4.69) is 10.3 Å². The highest BCUT2D eigenvalue weighted by Gasteiger charge is 2.33. The lowest BCUT2D eigenvalue weighted by atomic mass is 9.89. The second kappa shape index (κ2) is 13.9. The molecule has 4 aromatic rings. The highest BCUT2D eigenvalue weighted by Crippen LogP contribution is 2.40. The van der Waals surface area contributed by atoms with E-state index >= 15 is 0 Å². The fourth-order valence-electron chi connectivity index (χ4n) is 5.22. The van der Waals surface area contributed by atoms with E-state index in [0.717, 1.165) is 65.8 Å². The second-order valence-corrected chi connectivity index (χ2v) is 10.9. The number of pyridine rings is 1. The van der Waals surface area contributed by atoms with Crippen LogP contribution < -0.4 is 10.1 Å². The van der Waals surface area contributed by atoms with Crippen LogP contribution in [0.3, 0.4) is 0 Å². The maximum atomic E-state index is 14.6. The first kappa shape index (κ1) is 32.0. The molecule has 0 aliphatic heterocycles. The van der Waals surface area contributed by atoms with Crippen molar-refractivity contribution in [3.63, 3.8) is 0 Å². The molecular formula is C29H30Cl3F2N3O2S. The van der Waals surface area contributed by atoms with E-state index in [-0.39, 0.29) is 63.3 Å². The Balaban J connectivity index is 0.00000220. The third-order valence-electron chi connectivity index (χ3n) is 7.32. The summed E-state index contributed by atoms with van der Waals surface area (Å²) in [6, 6.07) is 12.2. The van der Waals surface area contributed by atoms with Gasteiger partial charge in [-0.2, -0.15) is 0 Å². The Morgan fingerprint density at radius 3 is 2.35 bits per heavy atom. The maximum absolute atomic E-state index is 14.6. The molecule has 1 fully saturated rings. The molecule has 1 saturated carbocycles. The van der Waals surface area contributed by atoms with Crippen LogP contribution in [0.25, 0.3) is 21.2 Å². The average Bonchev–Trinajstić information content (AvgIpc) is 3.32. The monoisotopic (exact) mass is 627 g/mol. The summed E-state index contributed by atoms with van der Waals surface area (Å²) in [5.41, 5.74) is 2.80. The summed E-state index contributed by atoms with van der Waals surface area (Å²) in [7, 11) is 3.55. The van der Waals surface area contributed by atoms with Crippen molar-refractivity contribution in [2.75, 3.05) is 14.2 Å². The predicted octanol–water partition coefficient (Wildman–Crippen LogP) is 7.92. The molecule has 1 N–H and O–H groups in total. The zero-order valence-corrected chi connectivity index (χ0v) is 25.2. The van der Waals surface area contributed by atoms with E-state index in [1.807, 2.05) is 37.4 Å². The van der Waals surface area contributed by atoms with Crippen molar-refractivity contribution in [1.29, 1.82) is 0 Å². The molecular weight excluding hydrogens is 599 g/mol. The summed E-state index contributed by atoms with van der Waals surface area (Å²) >= 11 is 7.44. The van der Waals surface area contributed by atoms with Crippen molar-refractivity contribution < 1.29 is 18.3 Å². The van der Waals surface area contributed by atoms with Crippen LogP contribution in [0.4, 0.5) is 8.78 Å². The minimum absolute atomic E-state index is 0. The number of ether oxygens (including phenoxy) is 1. The fraction of sp³-hybridized carbons (Fsp3) is 0.310. The van der Waals surface area contributed by atoms with Crippen LogP contribution in [-0.2, 0) is 6.54 Å². The van der Waals surface area contributed by atoms with Crippen molar-refractivity contribution in [1.82, 2.24) is 15.2 Å². The maximum Gasteiger partial charge on any atom is 0.266 e. The van der Waals surface area contributed by atoms with Crippen molar-refractivity contribution in [2.45, 2.75) is 44.3 Å². The lowest BCUT2D eigenvalue weighted by Gasteiger charge is -2.37. The van der Waals surface area contributed by atoms with Gasteiger partial charge in [0, 0.05) is 36.6 Å². The SMILES string of the molecule is CNC1CCC(N(Cc2cc(-c3ccncc3)ccc2OC)C(=O)c2sc3c(F)ccc(F)c3c2Cl)CC1.Cl.Cl. The number of hydrogen-bond donors (Lipinski definition) is 1. The Kier molecular flexibility index (Phi) is 11.1. The summed E-state index contributed by atoms with van der Waals surface area (Å²) in [4.78, 5) is 20.1. The largest absolute Gasteiger partial charge is 0.496 e. The van der Waals surface area contributed by atoms with Gasteiger partial charge >= 0.3 is 0 Å². The van der Waals surface area contributed by atoms with Crippen LogP contribution in [0.2, 0.25) is 5.02 Å². The zero-order chi connectivity index (χ0) is 26.8. The highest BCUT2D eigenvalue weighted by molar-refractivity contribution is 7.21. The molecule has 0 saturated heterocycles. The van der Waals surface area contributed by atoms with Crippen LogP contribution in [0, 0.1) is 11.6 Å². The minimum atomic E-state index is -0.644. The molecule has 2 heterocycles. The van der Waals surface area contributed by atoms with E-state index in [4.69, 9.17) is 16.3 Å². The fourth-order valence-corrected chi connectivity index (χ4v) is 6.72. The van der Waals surface area contributed by atoms with Gasteiger partial charge in [0.2, 0.25) is 0 Å². The number of nitrogens with one attached hydrogen (secondary N) is 1. The molecule has 1 aliphatic rings. The predicted molar refractivity (Wildman–Crippen MR) is 162 cm³/mol. The average molecular weight is 629 g/mol. The van der Waals surface area contributed by atoms with Crippen molar-refractivity contribution in [3.05, 3.63) is 82.0 Å². The van der Waals surface area contributed by atoms with Crippen molar-refractivity contribution >= 4 is 63.7 Å². The van der Waals surface area contributed by atoms with Gasteiger partial charge in [0.1, 0.15) is 22.3 Å². The van der Waals surface area contributed by atoms with Gasteiger partial charge in [0.05, 0.1) is 22.2 Å². The third-order valence-corrected chi connectivity index (χ3v) is 8.99. The quantitative estimate of drug-likeness (QED) is 0.226. The first-order chi connectivity index (χ1) is 18.4.